The van der Waals surface area contributed by atoms with Crippen molar-refractivity contribution in [2.45, 2.75) is 12.7 Å². The van der Waals surface area contributed by atoms with Gasteiger partial charge in [-0.05, 0) is 35.9 Å². The van der Waals surface area contributed by atoms with Gasteiger partial charge in [-0.3, -0.25) is 19.6 Å². The van der Waals surface area contributed by atoms with Crippen molar-refractivity contribution in [1.82, 2.24) is 14.8 Å². The summed E-state index contributed by atoms with van der Waals surface area (Å²) < 4.78 is 38.7. The summed E-state index contributed by atoms with van der Waals surface area (Å²) >= 11 is 0. The van der Waals surface area contributed by atoms with Crippen LogP contribution >= 0.6 is 0 Å². The molecule has 0 bridgehead atoms. The van der Waals surface area contributed by atoms with E-state index in [0.29, 0.717) is 38.3 Å². The number of hydrogen-bond donors (Lipinski definition) is 1. The van der Waals surface area contributed by atoms with Gasteiger partial charge in [-0.15, -0.1) is 0 Å². The van der Waals surface area contributed by atoms with Crippen molar-refractivity contribution >= 4 is 22.5 Å². The third kappa shape index (κ3) is 5.39. The van der Waals surface area contributed by atoms with Crippen LogP contribution in [0.3, 0.4) is 0 Å². The summed E-state index contributed by atoms with van der Waals surface area (Å²) in [5.41, 5.74) is 1.58. The molecule has 1 amide bonds. The first-order valence-electron chi connectivity index (χ1n) is 10.1. The normalized spacial score (nSPS) is 15.8. The summed E-state index contributed by atoms with van der Waals surface area (Å²) in [6.07, 6.45) is -2.62. The van der Waals surface area contributed by atoms with E-state index in [1.165, 1.54) is 12.1 Å². The number of fused-ring (bicyclic) bond motifs is 1. The smallest absolute Gasteiger partial charge is 0.324 e. The van der Waals surface area contributed by atoms with Gasteiger partial charge in [0.15, 0.2) is 0 Å². The molecule has 0 radical (unpaired) electrons. The molecule has 1 fully saturated rings. The Balaban J connectivity index is 1.29. The summed E-state index contributed by atoms with van der Waals surface area (Å²) in [7, 11) is 0. The van der Waals surface area contributed by atoms with E-state index in [2.05, 4.69) is 20.1 Å². The van der Waals surface area contributed by atoms with Crippen LogP contribution in [0.15, 0.2) is 60.8 Å². The highest BCUT2D eigenvalue weighted by atomic mass is 19.4. The van der Waals surface area contributed by atoms with Gasteiger partial charge >= 0.3 is 6.18 Å². The average molecular weight is 428 g/mol. The lowest BCUT2D eigenvalue weighted by Gasteiger charge is -2.34. The van der Waals surface area contributed by atoms with E-state index in [1.807, 2.05) is 30.3 Å². The molecular formula is C23H23F3N4O. The molecule has 1 aromatic heterocycles. The molecule has 2 heterocycles. The highest BCUT2D eigenvalue weighted by molar-refractivity contribution is 6.01. The highest BCUT2D eigenvalue weighted by Gasteiger charge is 2.30. The number of rotatable bonds is 5. The minimum Gasteiger partial charge on any atom is -0.324 e. The topological polar surface area (TPSA) is 48.5 Å². The fraction of sp³-hybridized carbons (Fsp3) is 0.304. The maximum Gasteiger partial charge on any atom is 0.416 e. The maximum absolute atomic E-state index is 12.9. The Labute approximate surface area is 178 Å². The van der Waals surface area contributed by atoms with E-state index in [4.69, 9.17) is 0 Å². The lowest BCUT2D eigenvalue weighted by atomic mass is 10.1. The molecule has 0 atom stereocenters. The van der Waals surface area contributed by atoms with Crippen LogP contribution in [-0.4, -0.2) is 53.4 Å². The van der Waals surface area contributed by atoms with Gasteiger partial charge < -0.3 is 5.32 Å². The molecule has 5 nitrogen and oxygen atoms in total. The lowest BCUT2D eigenvalue weighted by molar-refractivity contribution is -0.137. The molecule has 31 heavy (non-hydrogen) atoms. The fourth-order valence-electron chi connectivity index (χ4n) is 3.81. The van der Waals surface area contributed by atoms with Crippen LogP contribution < -0.4 is 5.32 Å². The van der Waals surface area contributed by atoms with E-state index in [-0.39, 0.29) is 12.5 Å². The van der Waals surface area contributed by atoms with Gasteiger partial charge in [0.25, 0.3) is 0 Å². The Morgan fingerprint density at radius 2 is 1.71 bits per heavy atom. The van der Waals surface area contributed by atoms with Crippen molar-refractivity contribution < 1.29 is 18.0 Å². The second-order valence-corrected chi connectivity index (χ2v) is 7.67. The third-order valence-corrected chi connectivity index (χ3v) is 5.41. The molecule has 8 heteroatoms. The van der Waals surface area contributed by atoms with Crippen LogP contribution in [0.2, 0.25) is 0 Å². The molecule has 4 rings (SSSR count). The Hall–Kier alpha value is -2.97. The zero-order chi connectivity index (χ0) is 21.8. The predicted octanol–water partition coefficient (Wildman–Crippen LogP) is 4.01. The molecular weight excluding hydrogens is 405 g/mol. The summed E-state index contributed by atoms with van der Waals surface area (Å²) in [4.78, 5) is 21.0. The highest BCUT2D eigenvalue weighted by Crippen LogP contribution is 2.29. The van der Waals surface area contributed by atoms with Crippen LogP contribution in [0, 0.1) is 0 Å². The number of anilines is 1. The fourth-order valence-corrected chi connectivity index (χ4v) is 3.81. The molecule has 0 unspecified atom stereocenters. The number of hydrogen-bond acceptors (Lipinski definition) is 4. The van der Waals surface area contributed by atoms with Gasteiger partial charge in [-0.2, -0.15) is 13.2 Å². The maximum atomic E-state index is 12.9. The summed E-state index contributed by atoms with van der Waals surface area (Å²) in [6.45, 7) is 3.50. The molecule has 3 aromatic rings. The van der Waals surface area contributed by atoms with Crippen LogP contribution in [-0.2, 0) is 17.5 Å². The Morgan fingerprint density at radius 3 is 2.48 bits per heavy atom. The van der Waals surface area contributed by atoms with Crippen molar-refractivity contribution in [3.63, 3.8) is 0 Å². The van der Waals surface area contributed by atoms with E-state index >= 15 is 0 Å². The molecule has 0 saturated carbocycles. The first kappa shape index (κ1) is 21.3. The van der Waals surface area contributed by atoms with Crippen molar-refractivity contribution in [1.29, 1.82) is 0 Å². The number of carbonyl (C=O) groups excluding carboxylic acids is 1. The number of halogens is 3. The number of amides is 1. The zero-order valence-electron chi connectivity index (χ0n) is 16.9. The number of alkyl halides is 3. The summed E-state index contributed by atoms with van der Waals surface area (Å²) in [6, 6.07) is 14.8. The second-order valence-electron chi connectivity index (χ2n) is 7.67. The average Bonchev–Trinajstić information content (AvgIpc) is 2.75. The lowest BCUT2D eigenvalue weighted by Crippen LogP contribution is -2.48. The van der Waals surface area contributed by atoms with Crippen LogP contribution in [0.25, 0.3) is 10.9 Å². The van der Waals surface area contributed by atoms with Crippen LogP contribution in [0.4, 0.5) is 18.9 Å². The quantitative estimate of drug-likeness (QED) is 0.667. The van der Waals surface area contributed by atoms with Gasteiger partial charge in [-0.1, -0.05) is 24.3 Å². The first-order chi connectivity index (χ1) is 14.9. The molecule has 1 aliphatic heterocycles. The van der Waals surface area contributed by atoms with E-state index in [1.54, 1.807) is 12.3 Å². The Bertz CT molecular complexity index is 1060. The van der Waals surface area contributed by atoms with Gasteiger partial charge in [-0.25, -0.2) is 0 Å². The van der Waals surface area contributed by atoms with Gasteiger partial charge in [0.1, 0.15) is 0 Å². The molecule has 162 valence electrons. The molecule has 0 aliphatic carbocycles. The summed E-state index contributed by atoms with van der Waals surface area (Å²) in [5.74, 6) is -0.0947. The third-order valence-electron chi connectivity index (χ3n) is 5.41. The van der Waals surface area contributed by atoms with Crippen molar-refractivity contribution in [2.24, 2.45) is 0 Å². The number of nitrogens with one attached hydrogen (secondary N) is 1. The van der Waals surface area contributed by atoms with Gasteiger partial charge in [0.2, 0.25) is 5.91 Å². The minimum atomic E-state index is -4.33. The van der Waals surface area contributed by atoms with Crippen LogP contribution in [0.5, 0.6) is 0 Å². The van der Waals surface area contributed by atoms with E-state index < -0.39 is 11.7 Å². The van der Waals surface area contributed by atoms with Crippen molar-refractivity contribution in [3.8, 4) is 0 Å². The van der Waals surface area contributed by atoms with Crippen molar-refractivity contribution in [2.75, 3.05) is 38.0 Å². The standard InChI is InChI=1S/C23H23F3N4O/c24-23(25,26)18-5-1-4-17(14-18)15-29-10-12-30(13-11-29)16-22(31)28-21-8-2-7-20-19(21)6-3-9-27-20/h1-9,14H,10-13,15-16H2,(H,28,31). The zero-order valence-corrected chi connectivity index (χ0v) is 16.9. The first-order valence-corrected chi connectivity index (χ1v) is 10.1. The number of piperazine rings is 1. The van der Waals surface area contributed by atoms with Crippen LogP contribution in [0.1, 0.15) is 11.1 Å². The Kier molecular flexibility index (Phi) is 6.20. The van der Waals surface area contributed by atoms with Gasteiger partial charge in [0, 0.05) is 44.3 Å². The molecule has 1 aliphatic rings. The van der Waals surface area contributed by atoms with E-state index in [9.17, 15) is 18.0 Å². The predicted molar refractivity (Wildman–Crippen MR) is 114 cm³/mol. The number of nitrogens with zero attached hydrogens (tertiary/aromatic N) is 3. The molecule has 1 N–H and O–H groups in total. The molecule has 1 saturated heterocycles. The molecule has 2 aromatic carbocycles. The number of aromatic nitrogens is 1. The number of benzene rings is 2. The monoisotopic (exact) mass is 428 g/mol. The largest absolute Gasteiger partial charge is 0.416 e. The Morgan fingerprint density at radius 1 is 0.968 bits per heavy atom. The minimum absolute atomic E-state index is 0.0947. The summed E-state index contributed by atoms with van der Waals surface area (Å²) in [5, 5.41) is 3.86. The van der Waals surface area contributed by atoms with Crippen molar-refractivity contribution in [3.05, 3.63) is 71.9 Å². The SMILES string of the molecule is O=C(CN1CCN(Cc2cccc(C(F)(F)F)c2)CC1)Nc1cccc2ncccc12. The number of carbonyl (C=O) groups is 1. The van der Waals surface area contributed by atoms with Gasteiger partial charge in [0.05, 0.1) is 23.3 Å². The number of pyridine rings is 1. The van der Waals surface area contributed by atoms with E-state index in [0.717, 1.165) is 22.7 Å². The second kappa shape index (κ2) is 9.03. The molecule has 0 spiro atoms.